The third kappa shape index (κ3) is 2.07. The molecule has 76 valence electrons. The van der Waals surface area contributed by atoms with Gasteiger partial charge < -0.3 is 5.73 Å². The fourth-order valence-electron chi connectivity index (χ4n) is 1.76. The van der Waals surface area contributed by atoms with Crippen molar-refractivity contribution in [1.29, 1.82) is 0 Å². The van der Waals surface area contributed by atoms with E-state index in [-0.39, 0.29) is 0 Å². The normalized spacial score (nSPS) is 15.2. The summed E-state index contributed by atoms with van der Waals surface area (Å²) < 4.78 is 0. The summed E-state index contributed by atoms with van der Waals surface area (Å²) in [6.45, 7) is 0.695. The average Bonchev–Trinajstić information content (AvgIpc) is 2.26. The Morgan fingerprint density at radius 2 is 1.86 bits per heavy atom. The lowest BCUT2D eigenvalue weighted by molar-refractivity contribution is 0.613. The molecule has 0 atom stereocenters. The molecule has 0 radical (unpaired) electrons. The molecule has 1 aliphatic rings. The van der Waals surface area contributed by atoms with Crippen LogP contribution in [0.1, 0.15) is 36.5 Å². The zero-order valence-corrected chi connectivity index (χ0v) is 8.37. The zero-order chi connectivity index (χ0) is 9.80. The van der Waals surface area contributed by atoms with Crippen LogP contribution in [-0.2, 0) is 19.3 Å². The van der Waals surface area contributed by atoms with Gasteiger partial charge in [0.05, 0.1) is 11.4 Å². The van der Waals surface area contributed by atoms with Gasteiger partial charge in [-0.1, -0.05) is 0 Å². The second-order valence-corrected chi connectivity index (χ2v) is 3.72. The van der Waals surface area contributed by atoms with Crippen LogP contribution in [-0.4, -0.2) is 21.7 Å². The lowest BCUT2D eigenvalue weighted by atomic mass is 10.0. The Morgan fingerprint density at radius 1 is 1.07 bits per heavy atom. The fourth-order valence-corrected chi connectivity index (χ4v) is 1.76. The number of fused-ring (bicyclic) bond motifs is 1. The lowest BCUT2D eigenvalue weighted by Crippen LogP contribution is -2.13. The molecule has 0 aromatic carbocycles. The van der Waals surface area contributed by atoms with Gasteiger partial charge in [0.2, 0.25) is 0 Å². The van der Waals surface area contributed by atoms with Crippen molar-refractivity contribution in [3.05, 3.63) is 17.2 Å². The maximum Gasteiger partial charge on any atom is 0.151 e. The van der Waals surface area contributed by atoms with Gasteiger partial charge in [-0.05, 0) is 38.6 Å². The molecule has 4 heteroatoms. The van der Waals surface area contributed by atoms with Crippen LogP contribution in [0.25, 0.3) is 0 Å². The highest BCUT2D eigenvalue weighted by Crippen LogP contribution is 2.16. The monoisotopic (exact) mass is 192 g/mol. The number of aryl methyl sites for hydroxylation is 3. The minimum Gasteiger partial charge on any atom is -0.330 e. The molecule has 1 aromatic rings. The Bertz CT molecular complexity index is 311. The summed E-state index contributed by atoms with van der Waals surface area (Å²) in [7, 11) is 0. The minimum atomic E-state index is 0.695. The van der Waals surface area contributed by atoms with E-state index in [2.05, 4.69) is 15.2 Å². The molecule has 1 heterocycles. The van der Waals surface area contributed by atoms with Gasteiger partial charge in [0.15, 0.2) is 5.82 Å². The molecule has 0 unspecified atom stereocenters. The molecule has 1 aliphatic carbocycles. The highest BCUT2D eigenvalue weighted by molar-refractivity contribution is 5.13. The molecule has 0 amide bonds. The van der Waals surface area contributed by atoms with Gasteiger partial charge in [-0.2, -0.15) is 5.10 Å². The summed E-state index contributed by atoms with van der Waals surface area (Å²) >= 11 is 0. The number of aromatic nitrogens is 3. The van der Waals surface area contributed by atoms with Gasteiger partial charge in [0.1, 0.15) is 0 Å². The smallest absolute Gasteiger partial charge is 0.151 e. The summed E-state index contributed by atoms with van der Waals surface area (Å²) in [5.74, 6) is 0.858. The van der Waals surface area contributed by atoms with Crippen LogP contribution in [0.4, 0.5) is 0 Å². The number of rotatable bonds is 3. The highest BCUT2D eigenvalue weighted by atomic mass is 15.2. The van der Waals surface area contributed by atoms with Crippen molar-refractivity contribution in [1.82, 2.24) is 15.2 Å². The topological polar surface area (TPSA) is 64.7 Å². The first-order valence-corrected chi connectivity index (χ1v) is 5.31. The summed E-state index contributed by atoms with van der Waals surface area (Å²) in [5, 5.41) is 8.33. The standard InChI is InChI=1S/C10H16N4/c11-7-3-6-10-12-8-4-1-2-5-9(8)13-14-10/h1-7,11H2. The summed E-state index contributed by atoms with van der Waals surface area (Å²) in [5.41, 5.74) is 7.71. The van der Waals surface area contributed by atoms with Crippen LogP contribution in [0, 0.1) is 0 Å². The largest absolute Gasteiger partial charge is 0.330 e. The van der Waals surface area contributed by atoms with Crippen molar-refractivity contribution in [3.8, 4) is 0 Å². The van der Waals surface area contributed by atoms with E-state index in [1.165, 1.54) is 18.5 Å². The number of nitrogens with zero attached hydrogens (tertiary/aromatic N) is 3. The average molecular weight is 192 g/mol. The predicted molar refractivity (Wildman–Crippen MR) is 53.8 cm³/mol. The van der Waals surface area contributed by atoms with Gasteiger partial charge in [-0.25, -0.2) is 4.98 Å². The van der Waals surface area contributed by atoms with Crippen molar-refractivity contribution < 1.29 is 0 Å². The molecule has 2 rings (SSSR count). The highest BCUT2D eigenvalue weighted by Gasteiger charge is 2.13. The first-order valence-electron chi connectivity index (χ1n) is 5.31. The van der Waals surface area contributed by atoms with Gasteiger partial charge in [0.25, 0.3) is 0 Å². The van der Waals surface area contributed by atoms with Crippen LogP contribution < -0.4 is 5.73 Å². The first kappa shape index (κ1) is 9.52. The van der Waals surface area contributed by atoms with Crippen molar-refractivity contribution in [2.45, 2.75) is 38.5 Å². The second-order valence-electron chi connectivity index (χ2n) is 3.72. The molecule has 0 spiro atoms. The van der Waals surface area contributed by atoms with E-state index in [0.29, 0.717) is 6.54 Å². The van der Waals surface area contributed by atoms with E-state index >= 15 is 0 Å². The Labute approximate surface area is 83.9 Å². The fraction of sp³-hybridized carbons (Fsp3) is 0.700. The van der Waals surface area contributed by atoms with E-state index < -0.39 is 0 Å². The Balaban J connectivity index is 2.12. The lowest BCUT2D eigenvalue weighted by Gasteiger charge is -2.12. The third-order valence-electron chi connectivity index (χ3n) is 2.56. The zero-order valence-electron chi connectivity index (χ0n) is 8.37. The van der Waals surface area contributed by atoms with Crippen molar-refractivity contribution >= 4 is 0 Å². The van der Waals surface area contributed by atoms with E-state index in [1.54, 1.807) is 0 Å². The quantitative estimate of drug-likeness (QED) is 0.763. The van der Waals surface area contributed by atoms with E-state index in [4.69, 9.17) is 5.73 Å². The Morgan fingerprint density at radius 3 is 2.64 bits per heavy atom. The molecule has 14 heavy (non-hydrogen) atoms. The number of hydrogen-bond acceptors (Lipinski definition) is 4. The maximum absolute atomic E-state index is 5.44. The number of nitrogens with two attached hydrogens (primary N) is 1. The SMILES string of the molecule is NCCCc1nnc2c(n1)CCCC2. The van der Waals surface area contributed by atoms with Crippen molar-refractivity contribution in [2.75, 3.05) is 6.54 Å². The summed E-state index contributed by atoms with van der Waals surface area (Å²) in [4.78, 5) is 4.52. The van der Waals surface area contributed by atoms with Gasteiger partial charge in [-0.15, -0.1) is 5.10 Å². The predicted octanol–water partition coefficient (Wildman–Crippen LogP) is 0.642. The van der Waals surface area contributed by atoms with Crippen LogP contribution in [0.2, 0.25) is 0 Å². The molecular weight excluding hydrogens is 176 g/mol. The molecule has 0 bridgehead atoms. The van der Waals surface area contributed by atoms with Crippen molar-refractivity contribution in [2.24, 2.45) is 5.73 Å². The van der Waals surface area contributed by atoms with Crippen LogP contribution in [0.5, 0.6) is 0 Å². The van der Waals surface area contributed by atoms with E-state index in [1.807, 2.05) is 0 Å². The van der Waals surface area contributed by atoms with E-state index in [0.717, 1.165) is 37.2 Å². The molecule has 0 aliphatic heterocycles. The molecule has 0 saturated carbocycles. The Kier molecular flexibility index (Phi) is 3.03. The van der Waals surface area contributed by atoms with Gasteiger partial charge >= 0.3 is 0 Å². The van der Waals surface area contributed by atoms with Gasteiger partial charge in [-0.3, -0.25) is 0 Å². The molecular formula is C10H16N4. The third-order valence-corrected chi connectivity index (χ3v) is 2.56. The summed E-state index contributed by atoms with van der Waals surface area (Å²) in [6.07, 6.45) is 6.39. The van der Waals surface area contributed by atoms with Crippen LogP contribution >= 0.6 is 0 Å². The molecule has 0 saturated heterocycles. The van der Waals surface area contributed by atoms with E-state index in [9.17, 15) is 0 Å². The number of hydrogen-bond donors (Lipinski definition) is 1. The Hall–Kier alpha value is -1.03. The molecule has 4 nitrogen and oxygen atoms in total. The van der Waals surface area contributed by atoms with Crippen molar-refractivity contribution in [3.63, 3.8) is 0 Å². The summed E-state index contributed by atoms with van der Waals surface area (Å²) in [6, 6.07) is 0. The minimum absolute atomic E-state index is 0.695. The van der Waals surface area contributed by atoms with Crippen LogP contribution in [0.15, 0.2) is 0 Å². The maximum atomic E-state index is 5.44. The molecule has 2 N–H and O–H groups in total. The first-order chi connectivity index (χ1) is 6.90. The molecule has 0 fully saturated rings. The second kappa shape index (κ2) is 4.46. The van der Waals surface area contributed by atoms with Crippen LogP contribution in [0.3, 0.4) is 0 Å². The molecule has 1 aromatic heterocycles. The van der Waals surface area contributed by atoms with Gasteiger partial charge in [0, 0.05) is 6.42 Å².